The summed E-state index contributed by atoms with van der Waals surface area (Å²) in [6.45, 7) is 0.190. The maximum Gasteiger partial charge on any atom is 0.255 e. The SMILES string of the molecule is NCc1cc(C(=O)Nc2c(F)cc(F)cc2Br)ccn1. The predicted molar refractivity (Wildman–Crippen MR) is 74.1 cm³/mol. The lowest BCUT2D eigenvalue weighted by molar-refractivity contribution is 0.102. The number of aromatic nitrogens is 1. The van der Waals surface area contributed by atoms with Gasteiger partial charge in [-0.2, -0.15) is 0 Å². The predicted octanol–water partition coefficient (Wildman–Crippen LogP) is 2.83. The highest BCUT2D eigenvalue weighted by molar-refractivity contribution is 9.10. The van der Waals surface area contributed by atoms with E-state index in [0.29, 0.717) is 11.8 Å². The number of hydrogen-bond donors (Lipinski definition) is 2. The van der Waals surface area contributed by atoms with Crippen molar-refractivity contribution >= 4 is 27.5 Å². The highest BCUT2D eigenvalue weighted by atomic mass is 79.9. The normalized spacial score (nSPS) is 10.4. The van der Waals surface area contributed by atoms with E-state index in [4.69, 9.17) is 5.73 Å². The number of nitrogens with zero attached hydrogens (tertiary/aromatic N) is 1. The molecule has 0 spiro atoms. The largest absolute Gasteiger partial charge is 0.325 e. The maximum atomic E-state index is 13.6. The second-order valence-electron chi connectivity index (χ2n) is 3.94. The number of benzene rings is 1. The van der Waals surface area contributed by atoms with Gasteiger partial charge in [-0.1, -0.05) is 0 Å². The number of rotatable bonds is 3. The van der Waals surface area contributed by atoms with E-state index in [-0.39, 0.29) is 22.3 Å². The van der Waals surface area contributed by atoms with Crippen LogP contribution in [0, 0.1) is 11.6 Å². The molecule has 0 saturated carbocycles. The summed E-state index contributed by atoms with van der Waals surface area (Å²) in [4.78, 5) is 16.0. The first-order valence-corrected chi connectivity index (χ1v) is 6.41. The topological polar surface area (TPSA) is 68.0 Å². The van der Waals surface area contributed by atoms with Gasteiger partial charge >= 0.3 is 0 Å². The van der Waals surface area contributed by atoms with E-state index in [2.05, 4.69) is 26.2 Å². The Hall–Kier alpha value is -1.86. The van der Waals surface area contributed by atoms with Gasteiger partial charge in [0, 0.05) is 28.8 Å². The Morgan fingerprint density at radius 3 is 2.75 bits per heavy atom. The summed E-state index contributed by atoms with van der Waals surface area (Å²) in [5, 5.41) is 2.38. The molecular weight excluding hydrogens is 332 g/mol. The van der Waals surface area contributed by atoms with E-state index >= 15 is 0 Å². The molecule has 0 atom stereocenters. The third-order valence-corrected chi connectivity index (χ3v) is 3.16. The van der Waals surface area contributed by atoms with Crippen LogP contribution in [0.25, 0.3) is 0 Å². The Morgan fingerprint density at radius 1 is 1.35 bits per heavy atom. The summed E-state index contributed by atoms with van der Waals surface area (Å²) >= 11 is 3.00. The maximum absolute atomic E-state index is 13.6. The van der Waals surface area contributed by atoms with E-state index in [1.165, 1.54) is 18.3 Å². The monoisotopic (exact) mass is 341 g/mol. The van der Waals surface area contributed by atoms with Crippen molar-refractivity contribution in [1.29, 1.82) is 0 Å². The summed E-state index contributed by atoms with van der Waals surface area (Å²) in [7, 11) is 0. The van der Waals surface area contributed by atoms with Crippen molar-refractivity contribution in [3.63, 3.8) is 0 Å². The van der Waals surface area contributed by atoms with Crippen molar-refractivity contribution in [3.8, 4) is 0 Å². The summed E-state index contributed by atoms with van der Waals surface area (Å²) in [5.41, 5.74) is 6.14. The van der Waals surface area contributed by atoms with Crippen molar-refractivity contribution in [2.45, 2.75) is 6.54 Å². The van der Waals surface area contributed by atoms with Crippen LogP contribution in [0.1, 0.15) is 16.1 Å². The molecule has 0 aliphatic rings. The number of pyridine rings is 1. The van der Waals surface area contributed by atoms with Crippen molar-refractivity contribution in [1.82, 2.24) is 4.98 Å². The first-order valence-electron chi connectivity index (χ1n) is 5.62. The summed E-state index contributed by atoms with van der Waals surface area (Å²) in [6, 6.07) is 4.74. The lowest BCUT2D eigenvalue weighted by Crippen LogP contribution is -2.14. The number of amides is 1. The van der Waals surface area contributed by atoms with Gasteiger partial charge in [0.15, 0.2) is 5.82 Å². The average molecular weight is 342 g/mol. The number of halogens is 3. The second-order valence-corrected chi connectivity index (χ2v) is 4.79. The molecule has 104 valence electrons. The fourth-order valence-electron chi connectivity index (χ4n) is 1.58. The number of carbonyl (C=O) groups is 1. The Morgan fingerprint density at radius 2 is 2.10 bits per heavy atom. The van der Waals surface area contributed by atoms with E-state index in [1.54, 1.807) is 0 Å². The molecule has 1 aromatic heterocycles. The minimum atomic E-state index is -0.863. The molecule has 0 saturated heterocycles. The Bertz CT molecular complexity index is 641. The van der Waals surface area contributed by atoms with Gasteiger partial charge in [0.25, 0.3) is 5.91 Å². The number of carbonyl (C=O) groups excluding carboxylic acids is 1. The van der Waals surface area contributed by atoms with E-state index < -0.39 is 17.5 Å². The molecule has 0 fully saturated rings. The first kappa shape index (κ1) is 14.5. The molecule has 2 rings (SSSR count). The molecule has 0 unspecified atom stereocenters. The molecule has 0 radical (unpaired) electrons. The van der Waals surface area contributed by atoms with Crippen molar-refractivity contribution in [2.24, 2.45) is 5.73 Å². The third kappa shape index (κ3) is 3.17. The third-order valence-electron chi connectivity index (χ3n) is 2.53. The molecule has 3 N–H and O–H groups in total. The molecule has 20 heavy (non-hydrogen) atoms. The van der Waals surface area contributed by atoms with Gasteiger partial charge in [-0.25, -0.2) is 8.78 Å². The smallest absolute Gasteiger partial charge is 0.255 e. The minimum Gasteiger partial charge on any atom is -0.325 e. The summed E-state index contributed by atoms with van der Waals surface area (Å²) < 4.78 is 26.7. The quantitative estimate of drug-likeness (QED) is 0.901. The van der Waals surface area contributed by atoms with Crippen LogP contribution in [0.2, 0.25) is 0 Å². The van der Waals surface area contributed by atoms with E-state index in [9.17, 15) is 13.6 Å². The van der Waals surface area contributed by atoms with Gasteiger partial charge in [-0.3, -0.25) is 9.78 Å². The zero-order chi connectivity index (χ0) is 14.7. The molecule has 2 aromatic rings. The molecule has 0 bridgehead atoms. The lowest BCUT2D eigenvalue weighted by Gasteiger charge is -2.09. The highest BCUT2D eigenvalue weighted by Gasteiger charge is 2.14. The van der Waals surface area contributed by atoms with Crippen molar-refractivity contribution < 1.29 is 13.6 Å². The van der Waals surface area contributed by atoms with E-state index in [1.807, 2.05) is 0 Å². The Balaban J connectivity index is 2.28. The number of nitrogens with two attached hydrogens (primary N) is 1. The highest BCUT2D eigenvalue weighted by Crippen LogP contribution is 2.27. The minimum absolute atomic E-state index is 0.122. The molecule has 4 nitrogen and oxygen atoms in total. The number of nitrogens with one attached hydrogen (secondary N) is 1. The Kier molecular flexibility index (Phi) is 4.41. The fourth-order valence-corrected chi connectivity index (χ4v) is 2.09. The van der Waals surface area contributed by atoms with Gasteiger partial charge in [-0.05, 0) is 34.1 Å². The van der Waals surface area contributed by atoms with Crippen LogP contribution >= 0.6 is 15.9 Å². The number of hydrogen-bond acceptors (Lipinski definition) is 3. The van der Waals surface area contributed by atoms with Crippen LogP contribution in [0.4, 0.5) is 14.5 Å². The molecule has 7 heteroatoms. The first-order chi connectivity index (χ1) is 9.51. The van der Waals surface area contributed by atoms with Gasteiger partial charge in [0.2, 0.25) is 0 Å². The summed E-state index contributed by atoms with van der Waals surface area (Å²) in [5.74, 6) is -2.13. The van der Waals surface area contributed by atoms with Gasteiger partial charge < -0.3 is 11.1 Å². The molecular formula is C13H10BrF2N3O. The van der Waals surface area contributed by atoms with Crippen LogP contribution in [-0.2, 0) is 6.54 Å². The Labute approximate surface area is 122 Å². The van der Waals surface area contributed by atoms with E-state index in [0.717, 1.165) is 6.07 Å². The zero-order valence-electron chi connectivity index (χ0n) is 10.2. The fraction of sp³-hybridized carbons (Fsp3) is 0.0769. The summed E-state index contributed by atoms with van der Waals surface area (Å²) in [6.07, 6.45) is 1.44. The van der Waals surface area contributed by atoms with Crippen LogP contribution in [0.3, 0.4) is 0 Å². The van der Waals surface area contributed by atoms with Gasteiger partial charge in [0.1, 0.15) is 5.82 Å². The average Bonchev–Trinajstić information content (AvgIpc) is 2.42. The zero-order valence-corrected chi connectivity index (χ0v) is 11.7. The van der Waals surface area contributed by atoms with Crippen molar-refractivity contribution in [2.75, 3.05) is 5.32 Å². The van der Waals surface area contributed by atoms with Crippen LogP contribution < -0.4 is 11.1 Å². The van der Waals surface area contributed by atoms with Crippen molar-refractivity contribution in [3.05, 3.63) is 57.8 Å². The molecule has 1 heterocycles. The van der Waals surface area contributed by atoms with Crippen LogP contribution in [0.15, 0.2) is 34.9 Å². The second kappa shape index (κ2) is 6.06. The molecule has 1 aromatic carbocycles. The molecule has 0 aliphatic heterocycles. The van der Waals surface area contributed by atoms with Gasteiger partial charge in [-0.15, -0.1) is 0 Å². The standard InChI is InChI=1S/C13H10BrF2N3O/c14-10-4-8(15)5-11(16)12(10)19-13(20)7-1-2-18-9(3-7)6-17/h1-5H,6,17H2,(H,19,20). The number of anilines is 1. The molecule has 0 aliphatic carbocycles. The molecule has 1 amide bonds. The lowest BCUT2D eigenvalue weighted by atomic mass is 10.2. The van der Waals surface area contributed by atoms with Gasteiger partial charge in [0.05, 0.1) is 11.4 Å². The van der Waals surface area contributed by atoms with Crippen LogP contribution in [-0.4, -0.2) is 10.9 Å². The van der Waals surface area contributed by atoms with Crippen LogP contribution in [0.5, 0.6) is 0 Å².